The van der Waals surface area contributed by atoms with Gasteiger partial charge in [0.15, 0.2) is 5.82 Å². The zero-order valence-electron chi connectivity index (χ0n) is 10.4. The van der Waals surface area contributed by atoms with E-state index in [4.69, 9.17) is 10.3 Å². The van der Waals surface area contributed by atoms with Gasteiger partial charge in [0, 0.05) is 12.5 Å². The van der Waals surface area contributed by atoms with Crippen LogP contribution in [0.1, 0.15) is 43.3 Å². The highest BCUT2D eigenvalue weighted by molar-refractivity contribution is 5.11. The van der Waals surface area contributed by atoms with Gasteiger partial charge in [0.25, 0.3) is 0 Å². The van der Waals surface area contributed by atoms with Crippen molar-refractivity contribution in [3.63, 3.8) is 0 Å². The Balaban J connectivity index is 1.68. The van der Waals surface area contributed by atoms with Gasteiger partial charge in [-0.05, 0) is 31.1 Å². The van der Waals surface area contributed by atoms with Crippen LogP contribution in [0.25, 0.3) is 0 Å². The quantitative estimate of drug-likeness (QED) is 0.920. The maximum Gasteiger partial charge on any atom is 0.389 e. The largest absolute Gasteiger partial charge is 0.389 e. The minimum absolute atomic E-state index is 0.00895. The highest BCUT2D eigenvalue weighted by Crippen LogP contribution is 2.51. The Bertz CT molecular complexity index is 457. The van der Waals surface area contributed by atoms with Crippen molar-refractivity contribution in [3.8, 4) is 0 Å². The van der Waals surface area contributed by atoms with E-state index in [1.54, 1.807) is 0 Å². The molecule has 0 saturated heterocycles. The fourth-order valence-corrected chi connectivity index (χ4v) is 3.46. The van der Waals surface area contributed by atoms with Crippen LogP contribution in [0.15, 0.2) is 4.52 Å². The number of hydrogen-bond acceptors (Lipinski definition) is 4. The van der Waals surface area contributed by atoms with Gasteiger partial charge >= 0.3 is 6.18 Å². The molecule has 19 heavy (non-hydrogen) atoms. The van der Waals surface area contributed by atoms with E-state index in [0.717, 1.165) is 19.3 Å². The van der Waals surface area contributed by atoms with Gasteiger partial charge in [-0.3, -0.25) is 0 Å². The van der Waals surface area contributed by atoms with Crippen molar-refractivity contribution >= 4 is 0 Å². The lowest BCUT2D eigenvalue weighted by Crippen LogP contribution is -2.34. The molecule has 4 atom stereocenters. The summed E-state index contributed by atoms with van der Waals surface area (Å²) in [5.41, 5.74) is 6.14. The molecule has 2 aliphatic carbocycles. The monoisotopic (exact) mass is 275 g/mol. The zero-order chi connectivity index (χ0) is 13.6. The predicted molar refractivity (Wildman–Crippen MR) is 60.2 cm³/mol. The highest BCUT2D eigenvalue weighted by atomic mass is 19.4. The summed E-state index contributed by atoms with van der Waals surface area (Å²) < 4.78 is 41.5. The maximum absolute atomic E-state index is 12.1. The number of fused-ring (bicyclic) bond motifs is 2. The SMILES string of the molecule is NC1C2CCC(C2)C1c1nc(CCC(F)(F)F)no1. The van der Waals surface area contributed by atoms with E-state index >= 15 is 0 Å². The summed E-state index contributed by atoms with van der Waals surface area (Å²) >= 11 is 0. The number of aromatic nitrogens is 2. The van der Waals surface area contributed by atoms with Crippen LogP contribution in [0.5, 0.6) is 0 Å². The maximum atomic E-state index is 12.1. The van der Waals surface area contributed by atoms with Crippen molar-refractivity contribution in [2.45, 2.75) is 50.2 Å². The van der Waals surface area contributed by atoms with Gasteiger partial charge in [0.05, 0.1) is 12.3 Å². The molecule has 2 bridgehead atoms. The molecule has 0 radical (unpaired) electrons. The average molecular weight is 275 g/mol. The van der Waals surface area contributed by atoms with Gasteiger partial charge in [0.1, 0.15) is 0 Å². The van der Waals surface area contributed by atoms with Crippen LogP contribution in [0.4, 0.5) is 13.2 Å². The first kappa shape index (κ1) is 12.9. The summed E-state index contributed by atoms with van der Waals surface area (Å²) in [5, 5.41) is 3.64. The third-order valence-electron chi connectivity index (χ3n) is 4.38. The molecule has 0 aliphatic heterocycles. The Morgan fingerprint density at radius 1 is 1.26 bits per heavy atom. The molecule has 4 unspecified atom stereocenters. The first-order valence-corrected chi connectivity index (χ1v) is 6.59. The Hall–Kier alpha value is -1.11. The van der Waals surface area contributed by atoms with Crippen molar-refractivity contribution in [2.75, 3.05) is 0 Å². The Kier molecular flexibility index (Phi) is 3.03. The number of nitrogens with zero attached hydrogens (tertiary/aromatic N) is 2. The van der Waals surface area contributed by atoms with Crippen molar-refractivity contribution in [1.29, 1.82) is 0 Å². The number of halogens is 3. The number of rotatable bonds is 3. The molecule has 106 valence electrons. The van der Waals surface area contributed by atoms with Crippen molar-refractivity contribution in [3.05, 3.63) is 11.7 Å². The second-order valence-corrected chi connectivity index (χ2v) is 5.60. The first-order chi connectivity index (χ1) is 8.94. The Labute approximate surface area is 108 Å². The number of nitrogens with two attached hydrogens (primary N) is 1. The van der Waals surface area contributed by atoms with E-state index in [-0.39, 0.29) is 24.2 Å². The molecule has 7 heteroatoms. The molecule has 1 aromatic rings. The topological polar surface area (TPSA) is 64.9 Å². The fraction of sp³-hybridized carbons (Fsp3) is 0.833. The summed E-state index contributed by atoms with van der Waals surface area (Å²) in [6.07, 6.45) is -2.03. The lowest BCUT2D eigenvalue weighted by atomic mass is 9.85. The van der Waals surface area contributed by atoms with Crippen LogP contribution >= 0.6 is 0 Å². The summed E-state index contributed by atoms with van der Waals surface area (Å²) in [6, 6.07) is 0.00895. The minimum atomic E-state index is -4.19. The first-order valence-electron chi connectivity index (χ1n) is 6.59. The number of alkyl halides is 3. The number of aryl methyl sites for hydroxylation is 1. The molecule has 0 aromatic carbocycles. The summed E-state index contributed by atoms with van der Waals surface area (Å²) in [4.78, 5) is 4.11. The van der Waals surface area contributed by atoms with Gasteiger partial charge in [-0.15, -0.1) is 0 Å². The summed E-state index contributed by atoms with van der Waals surface area (Å²) in [7, 11) is 0. The zero-order valence-corrected chi connectivity index (χ0v) is 10.4. The van der Waals surface area contributed by atoms with E-state index in [1.807, 2.05) is 0 Å². The molecule has 2 N–H and O–H groups in total. The smallest absolute Gasteiger partial charge is 0.339 e. The lowest BCUT2D eigenvalue weighted by Gasteiger charge is -2.24. The molecule has 1 aromatic heterocycles. The van der Waals surface area contributed by atoms with Crippen LogP contribution in [0.3, 0.4) is 0 Å². The van der Waals surface area contributed by atoms with Crippen LogP contribution in [-0.2, 0) is 6.42 Å². The number of hydrogen-bond donors (Lipinski definition) is 1. The van der Waals surface area contributed by atoms with E-state index < -0.39 is 12.6 Å². The fourth-order valence-electron chi connectivity index (χ4n) is 3.46. The Morgan fingerprint density at radius 2 is 2.00 bits per heavy atom. The molecule has 0 spiro atoms. The molecule has 4 nitrogen and oxygen atoms in total. The van der Waals surface area contributed by atoms with E-state index in [9.17, 15) is 13.2 Å². The van der Waals surface area contributed by atoms with Crippen LogP contribution in [0.2, 0.25) is 0 Å². The second-order valence-electron chi connectivity index (χ2n) is 5.60. The van der Waals surface area contributed by atoms with Crippen molar-refractivity contribution in [1.82, 2.24) is 10.1 Å². The Morgan fingerprint density at radius 3 is 2.63 bits per heavy atom. The minimum Gasteiger partial charge on any atom is -0.339 e. The molecule has 2 aliphatic rings. The normalized spacial score (nSPS) is 34.1. The predicted octanol–water partition coefficient (Wildman–Crippen LogP) is 2.41. The van der Waals surface area contributed by atoms with E-state index in [0.29, 0.717) is 17.7 Å². The third kappa shape index (κ3) is 2.48. The molecular weight excluding hydrogens is 259 g/mol. The lowest BCUT2D eigenvalue weighted by molar-refractivity contribution is -0.134. The molecular formula is C12H16F3N3O. The molecule has 2 saturated carbocycles. The van der Waals surface area contributed by atoms with Gasteiger partial charge in [-0.25, -0.2) is 0 Å². The molecule has 3 rings (SSSR count). The van der Waals surface area contributed by atoms with Gasteiger partial charge in [-0.1, -0.05) is 5.16 Å². The van der Waals surface area contributed by atoms with Crippen molar-refractivity contribution < 1.29 is 17.7 Å². The van der Waals surface area contributed by atoms with E-state index in [1.165, 1.54) is 0 Å². The van der Waals surface area contributed by atoms with Crippen molar-refractivity contribution in [2.24, 2.45) is 17.6 Å². The van der Waals surface area contributed by atoms with Crippen LogP contribution in [0, 0.1) is 11.8 Å². The standard InChI is InChI=1S/C12H16F3N3O/c13-12(14,15)4-3-8-17-11(19-18-8)9-6-1-2-7(5-6)10(9)16/h6-7,9-10H,1-5,16H2. The van der Waals surface area contributed by atoms with Gasteiger partial charge < -0.3 is 10.3 Å². The van der Waals surface area contributed by atoms with Crippen LogP contribution in [-0.4, -0.2) is 22.4 Å². The second kappa shape index (κ2) is 4.47. The molecule has 0 amide bonds. The third-order valence-corrected chi connectivity index (χ3v) is 4.38. The summed E-state index contributed by atoms with van der Waals surface area (Å²) in [5.74, 6) is 1.54. The average Bonchev–Trinajstić information content (AvgIpc) is 2.99. The van der Waals surface area contributed by atoms with E-state index in [2.05, 4.69) is 10.1 Å². The van der Waals surface area contributed by atoms with Gasteiger partial charge in [0.2, 0.25) is 5.89 Å². The molecule has 2 fully saturated rings. The highest BCUT2D eigenvalue weighted by Gasteiger charge is 2.48. The summed E-state index contributed by atoms with van der Waals surface area (Å²) in [6.45, 7) is 0. The molecule has 1 heterocycles. The van der Waals surface area contributed by atoms with Gasteiger partial charge in [-0.2, -0.15) is 18.2 Å². The van der Waals surface area contributed by atoms with Crippen LogP contribution < -0.4 is 5.73 Å².